The van der Waals surface area contributed by atoms with E-state index in [0.29, 0.717) is 6.04 Å². The average molecular weight is 347 g/mol. The molecule has 134 valence electrons. The van der Waals surface area contributed by atoms with Crippen LogP contribution in [-0.4, -0.2) is 39.3 Å². The summed E-state index contributed by atoms with van der Waals surface area (Å²) in [6.07, 6.45) is 3.82. The minimum atomic E-state index is 0.369. The van der Waals surface area contributed by atoms with Gasteiger partial charge < -0.3 is 5.32 Å². The fourth-order valence-corrected chi connectivity index (χ4v) is 3.70. The summed E-state index contributed by atoms with van der Waals surface area (Å²) in [4.78, 5) is 6.83. The van der Waals surface area contributed by atoms with Crippen molar-refractivity contribution in [1.82, 2.24) is 25.0 Å². The Bertz CT molecular complexity index is 854. The minimum Gasteiger partial charge on any atom is -0.314 e. The van der Waals surface area contributed by atoms with Gasteiger partial charge in [0.2, 0.25) is 0 Å². The SMILES string of the molecule is Cc1cc(C)n(-c2ccc(CN3CCNCC3c3cccnc3)cc2)n1. The first-order valence-corrected chi connectivity index (χ1v) is 9.18. The first-order chi connectivity index (χ1) is 12.7. The zero-order valence-corrected chi connectivity index (χ0v) is 15.4. The van der Waals surface area contributed by atoms with Crippen molar-refractivity contribution in [3.8, 4) is 5.69 Å². The topological polar surface area (TPSA) is 46.0 Å². The van der Waals surface area contributed by atoms with Gasteiger partial charge in [-0.25, -0.2) is 4.68 Å². The van der Waals surface area contributed by atoms with Gasteiger partial charge in [-0.2, -0.15) is 5.10 Å². The van der Waals surface area contributed by atoms with Crippen molar-refractivity contribution in [3.63, 3.8) is 0 Å². The molecule has 2 aromatic heterocycles. The number of piperazine rings is 1. The molecule has 0 spiro atoms. The third kappa shape index (κ3) is 3.54. The third-order valence-corrected chi connectivity index (χ3v) is 5.00. The standard InChI is InChI=1S/C21H25N5/c1-16-12-17(2)26(24-16)20-7-5-18(6-8-20)15-25-11-10-23-14-21(25)19-4-3-9-22-13-19/h3-9,12-13,21,23H,10-11,14-15H2,1-2H3. The number of hydrogen-bond acceptors (Lipinski definition) is 4. The van der Waals surface area contributed by atoms with Crippen LogP contribution in [0, 0.1) is 13.8 Å². The summed E-state index contributed by atoms with van der Waals surface area (Å²) in [5.41, 5.74) is 5.93. The number of nitrogens with one attached hydrogen (secondary N) is 1. The van der Waals surface area contributed by atoms with E-state index in [2.05, 4.69) is 63.6 Å². The van der Waals surface area contributed by atoms with Crippen LogP contribution in [0.4, 0.5) is 0 Å². The highest BCUT2D eigenvalue weighted by Crippen LogP contribution is 2.24. The summed E-state index contributed by atoms with van der Waals surface area (Å²) in [5, 5.41) is 8.08. The van der Waals surface area contributed by atoms with E-state index in [0.717, 1.165) is 43.3 Å². The molecule has 1 aromatic carbocycles. The van der Waals surface area contributed by atoms with Crippen molar-refractivity contribution in [2.45, 2.75) is 26.4 Å². The molecule has 1 N–H and O–H groups in total. The zero-order valence-electron chi connectivity index (χ0n) is 15.4. The Labute approximate surface area is 154 Å². The van der Waals surface area contributed by atoms with Crippen LogP contribution >= 0.6 is 0 Å². The molecule has 0 bridgehead atoms. The Morgan fingerprint density at radius 3 is 2.69 bits per heavy atom. The van der Waals surface area contributed by atoms with Crippen LogP contribution in [-0.2, 0) is 6.54 Å². The molecule has 1 fully saturated rings. The van der Waals surface area contributed by atoms with Crippen LogP contribution in [0.3, 0.4) is 0 Å². The second-order valence-electron chi connectivity index (χ2n) is 6.98. The fourth-order valence-electron chi connectivity index (χ4n) is 3.70. The Morgan fingerprint density at radius 2 is 2.00 bits per heavy atom. The average Bonchev–Trinajstić information content (AvgIpc) is 3.02. The van der Waals surface area contributed by atoms with Crippen molar-refractivity contribution in [2.24, 2.45) is 0 Å². The van der Waals surface area contributed by atoms with Crippen molar-refractivity contribution in [1.29, 1.82) is 0 Å². The first kappa shape index (κ1) is 16.9. The van der Waals surface area contributed by atoms with E-state index >= 15 is 0 Å². The zero-order chi connectivity index (χ0) is 17.9. The number of pyridine rings is 1. The van der Waals surface area contributed by atoms with E-state index in [9.17, 15) is 0 Å². The molecule has 5 heteroatoms. The minimum absolute atomic E-state index is 0.369. The molecule has 1 aliphatic heterocycles. The molecule has 4 rings (SSSR count). The predicted octanol–water partition coefficient (Wildman–Crippen LogP) is 3.03. The van der Waals surface area contributed by atoms with Crippen LogP contribution in [0.1, 0.15) is 28.6 Å². The first-order valence-electron chi connectivity index (χ1n) is 9.18. The number of rotatable bonds is 4. The predicted molar refractivity (Wildman–Crippen MR) is 103 cm³/mol. The highest BCUT2D eigenvalue weighted by atomic mass is 15.3. The van der Waals surface area contributed by atoms with Gasteiger partial charge in [0.15, 0.2) is 0 Å². The number of benzene rings is 1. The highest BCUT2D eigenvalue weighted by Gasteiger charge is 2.23. The number of aryl methyl sites for hydroxylation is 2. The summed E-state index contributed by atoms with van der Waals surface area (Å²) < 4.78 is 2.00. The van der Waals surface area contributed by atoms with E-state index in [-0.39, 0.29) is 0 Å². The van der Waals surface area contributed by atoms with E-state index in [4.69, 9.17) is 0 Å². The van der Waals surface area contributed by atoms with Gasteiger partial charge in [-0.15, -0.1) is 0 Å². The fraction of sp³-hybridized carbons (Fsp3) is 0.333. The molecule has 3 heterocycles. The summed E-state index contributed by atoms with van der Waals surface area (Å²) >= 11 is 0. The van der Waals surface area contributed by atoms with Gasteiger partial charge in [0.05, 0.1) is 11.4 Å². The molecule has 1 atom stereocenters. The van der Waals surface area contributed by atoms with Crippen LogP contribution in [0.15, 0.2) is 54.9 Å². The quantitative estimate of drug-likeness (QED) is 0.788. The van der Waals surface area contributed by atoms with Crippen molar-refractivity contribution >= 4 is 0 Å². The van der Waals surface area contributed by atoms with Gasteiger partial charge in [-0.3, -0.25) is 9.88 Å². The van der Waals surface area contributed by atoms with Gasteiger partial charge in [0.1, 0.15) is 0 Å². The van der Waals surface area contributed by atoms with Crippen LogP contribution < -0.4 is 5.32 Å². The van der Waals surface area contributed by atoms with Gasteiger partial charge in [-0.05, 0) is 49.2 Å². The van der Waals surface area contributed by atoms with Gasteiger partial charge in [0, 0.05) is 50.3 Å². The maximum atomic E-state index is 4.57. The highest BCUT2D eigenvalue weighted by molar-refractivity contribution is 5.36. The lowest BCUT2D eigenvalue weighted by molar-refractivity contribution is 0.153. The molecular weight excluding hydrogens is 322 g/mol. The third-order valence-electron chi connectivity index (χ3n) is 5.00. The molecule has 1 unspecified atom stereocenters. The second-order valence-corrected chi connectivity index (χ2v) is 6.98. The molecule has 3 aromatic rings. The largest absolute Gasteiger partial charge is 0.314 e. The van der Waals surface area contributed by atoms with E-state index in [1.54, 1.807) is 0 Å². The van der Waals surface area contributed by atoms with E-state index in [1.165, 1.54) is 11.1 Å². The number of aromatic nitrogens is 3. The van der Waals surface area contributed by atoms with Crippen molar-refractivity contribution < 1.29 is 0 Å². The molecule has 0 amide bonds. The van der Waals surface area contributed by atoms with Gasteiger partial charge in [0.25, 0.3) is 0 Å². The van der Waals surface area contributed by atoms with Crippen LogP contribution in [0.25, 0.3) is 5.69 Å². The molecule has 1 aliphatic rings. The summed E-state index contributed by atoms with van der Waals surface area (Å²) in [6, 6.07) is 15.4. The Balaban J connectivity index is 1.51. The maximum absolute atomic E-state index is 4.57. The molecule has 0 radical (unpaired) electrons. The summed E-state index contributed by atoms with van der Waals surface area (Å²) in [5.74, 6) is 0. The van der Waals surface area contributed by atoms with Crippen molar-refractivity contribution in [2.75, 3.05) is 19.6 Å². The molecule has 1 saturated heterocycles. The summed E-state index contributed by atoms with van der Waals surface area (Å²) in [6.45, 7) is 8.10. The summed E-state index contributed by atoms with van der Waals surface area (Å²) in [7, 11) is 0. The molecule has 0 aliphatic carbocycles. The normalized spacial score (nSPS) is 18.2. The monoisotopic (exact) mass is 347 g/mol. The van der Waals surface area contributed by atoms with E-state index < -0.39 is 0 Å². The van der Waals surface area contributed by atoms with Gasteiger partial charge in [-0.1, -0.05) is 18.2 Å². The maximum Gasteiger partial charge on any atom is 0.0648 e. The second kappa shape index (κ2) is 7.40. The van der Waals surface area contributed by atoms with E-state index in [1.807, 2.05) is 30.1 Å². The smallest absolute Gasteiger partial charge is 0.0648 e. The van der Waals surface area contributed by atoms with Gasteiger partial charge >= 0.3 is 0 Å². The Hall–Kier alpha value is -2.50. The molecule has 5 nitrogen and oxygen atoms in total. The lowest BCUT2D eigenvalue weighted by Gasteiger charge is -2.36. The molecular formula is C21H25N5. The van der Waals surface area contributed by atoms with Crippen molar-refractivity contribution in [3.05, 3.63) is 77.4 Å². The lowest BCUT2D eigenvalue weighted by Crippen LogP contribution is -2.45. The Morgan fingerprint density at radius 1 is 1.15 bits per heavy atom. The molecule has 0 saturated carbocycles. The van der Waals surface area contributed by atoms with Crippen LogP contribution in [0.2, 0.25) is 0 Å². The lowest BCUT2D eigenvalue weighted by atomic mass is 10.0. The Kier molecular flexibility index (Phi) is 4.82. The number of hydrogen-bond donors (Lipinski definition) is 1. The number of nitrogens with zero attached hydrogens (tertiary/aromatic N) is 4. The molecule has 26 heavy (non-hydrogen) atoms. The van der Waals surface area contributed by atoms with Crippen LogP contribution in [0.5, 0.6) is 0 Å².